The zero-order chi connectivity index (χ0) is 14.0. The van der Waals surface area contributed by atoms with Crippen molar-refractivity contribution in [3.8, 4) is 0 Å². The summed E-state index contributed by atoms with van der Waals surface area (Å²) in [5, 5.41) is 4.35. The van der Waals surface area contributed by atoms with E-state index in [2.05, 4.69) is 60.2 Å². The van der Waals surface area contributed by atoms with Gasteiger partial charge in [-0.15, -0.1) is 11.3 Å². The van der Waals surface area contributed by atoms with Crippen molar-refractivity contribution in [3.05, 3.63) is 54.6 Å². The molecule has 1 unspecified atom stereocenters. The second-order valence-corrected chi connectivity index (χ2v) is 7.12. The van der Waals surface area contributed by atoms with Crippen LogP contribution < -0.4 is 5.32 Å². The molecule has 0 saturated heterocycles. The molecule has 0 fully saturated rings. The molecule has 0 spiro atoms. The molecule has 0 aliphatic rings. The molecule has 2 rings (SSSR count). The summed E-state index contributed by atoms with van der Waals surface area (Å²) >= 11 is 11.8. The van der Waals surface area contributed by atoms with Gasteiger partial charge in [0, 0.05) is 19.2 Å². The third kappa shape index (κ3) is 3.40. The van der Waals surface area contributed by atoms with Crippen molar-refractivity contribution in [3.63, 3.8) is 0 Å². The van der Waals surface area contributed by atoms with Gasteiger partial charge in [-0.3, -0.25) is 0 Å². The van der Waals surface area contributed by atoms with Crippen molar-refractivity contribution < 1.29 is 0 Å². The second kappa shape index (κ2) is 6.40. The van der Waals surface area contributed by atoms with Crippen molar-refractivity contribution in [1.29, 1.82) is 0 Å². The number of thiophene rings is 1. The molecular weight excluding hydrogens is 342 g/mol. The monoisotopic (exact) mass is 357 g/mol. The fraction of sp³-hybridized carbons (Fsp3) is 0.333. The van der Waals surface area contributed by atoms with Gasteiger partial charge in [-0.1, -0.05) is 30.7 Å². The van der Waals surface area contributed by atoms with Crippen LogP contribution >= 0.6 is 38.9 Å². The van der Waals surface area contributed by atoms with Crippen molar-refractivity contribution in [2.75, 3.05) is 6.54 Å². The highest BCUT2D eigenvalue weighted by atomic mass is 79.9. The lowest BCUT2D eigenvalue weighted by Crippen LogP contribution is -2.21. The van der Waals surface area contributed by atoms with Crippen molar-refractivity contribution in [2.45, 2.75) is 26.8 Å². The number of halogens is 2. The quantitative estimate of drug-likeness (QED) is 0.763. The molecule has 0 aliphatic heterocycles. The van der Waals surface area contributed by atoms with Gasteiger partial charge in [-0.2, -0.15) is 0 Å². The van der Waals surface area contributed by atoms with Crippen LogP contribution in [-0.2, 0) is 0 Å². The van der Waals surface area contributed by atoms with E-state index < -0.39 is 0 Å². The Labute approximate surface area is 132 Å². The predicted octanol–water partition coefficient (Wildman–Crippen LogP) is 5.48. The average Bonchev–Trinajstić information content (AvgIpc) is 2.67. The molecule has 1 atom stereocenters. The summed E-state index contributed by atoms with van der Waals surface area (Å²) in [7, 11) is 0. The maximum Gasteiger partial charge on any atom is 0.0686 e. The summed E-state index contributed by atoms with van der Waals surface area (Å²) in [6.45, 7) is 7.20. The molecule has 0 radical (unpaired) electrons. The van der Waals surface area contributed by atoms with Crippen molar-refractivity contribution in [1.82, 2.24) is 5.32 Å². The molecule has 0 saturated carbocycles. The van der Waals surface area contributed by atoms with Gasteiger partial charge in [0.15, 0.2) is 0 Å². The van der Waals surface area contributed by atoms with E-state index in [9.17, 15) is 0 Å². The number of nitrogens with one attached hydrogen (secondary N) is 1. The fourth-order valence-electron chi connectivity index (χ4n) is 2.06. The Kier molecular flexibility index (Phi) is 5.07. The average molecular weight is 359 g/mol. The van der Waals surface area contributed by atoms with Gasteiger partial charge in [-0.05, 0) is 59.6 Å². The first-order chi connectivity index (χ1) is 9.02. The summed E-state index contributed by atoms with van der Waals surface area (Å²) in [5.74, 6) is 0. The van der Waals surface area contributed by atoms with Crippen molar-refractivity contribution >= 4 is 38.9 Å². The van der Waals surface area contributed by atoms with Crippen LogP contribution in [0.5, 0.6) is 0 Å². The van der Waals surface area contributed by atoms with Gasteiger partial charge in [0.25, 0.3) is 0 Å². The van der Waals surface area contributed by atoms with Gasteiger partial charge >= 0.3 is 0 Å². The summed E-state index contributed by atoms with van der Waals surface area (Å²) < 4.78 is 1.17. The van der Waals surface area contributed by atoms with Crippen molar-refractivity contribution in [2.24, 2.45) is 0 Å². The van der Waals surface area contributed by atoms with E-state index >= 15 is 0 Å². The Balaban J connectivity index is 2.44. The Morgan fingerprint density at radius 3 is 2.58 bits per heavy atom. The molecule has 1 nitrogen and oxygen atoms in total. The summed E-state index contributed by atoms with van der Waals surface area (Å²) in [6.07, 6.45) is 0. The molecule has 1 heterocycles. The van der Waals surface area contributed by atoms with Gasteiger partial charge in [0.1, 0.15) is 0 Å². The largest absolute Gasteiger partial charge is 0.306 e. The Bertz CT molecular complexity index is 560. The minimum atomic E-state index is 0.160. The number of hydrogen-bond acceptors (Lipinski definition) is 2. The van der Waals surface area contributed by atoms with Crippen LogP contribution in [-0.4, -0.2) is 6.54 Å². The Hall–Kier alpha value is -0.350. The molecule has 0 aliphatic carbocycles. The van der Waals surface area contributed by atoms with Gasteiger partial charge in [-0.25, -0.2) is 0 Å². The molecule has 4 heteroatoms. The van der Waals surface area contributed by atoms with Crippen LogP contribution in [0.1, 0.15) is 33.8 Å². The summed E-state index contributed by atoms with van der Waals surface area (Å²) in [6, 6.07) is 8.60. The zero-order valence-electron chi connectivity index (χ0n) is 11.3. The van der Waals surface area contributed by atoms with E-state index in [4.69, 9.17) is 11.6 Å². The van der Waals surface area contributed by atoms with Crippen LogP contribution in [0.25, 0.3) is 0 Å². The molecule has 19 heavy (non-hydrogen) atoms. The van der Waals surface area contributed by atoms with E-state index in [1.165, 1.54) is 19.8 Å². The Morgan fingerprint density at radius 2 is 2.05 bits per heavy atom. The highest BCUT2D eigenvalue weighted by Gasteiger charge is 2.19. The minimum Gasteiger partial charge on any atom is -0.306 e. The summed E-state index contributed by atoms with van der Waals surface area (Å²) in [5.41, 5.74) is 2.33. The normalized spacial score (nSPS) is 12.7. The molecular formula is C15H17BrClNS. The lowest BCUT2D eigenvalue weighted by molar-refractivity contribution is 0.639. The van der Waals surface area contributed by atoms with Crippen LogP contribution in [0.4, 0.5) is 0 Å². The first-order valence-electron chi connectivity index (χ1n) is 6.28. The Morgan fingerprint density at radius 1 is 1.32 bits per heavy atom. The smallest absolute Gasteiger partial charge is 0.0686 e. The first kappa shape index (κ1) is 15.0. The van der Waals surface area contributed by atoms with Gasteiger partial charge < -0.3 is 5.32 Å². The number of benzene rings is 1. The number of aryl methyl sites for hydroxylation is 2. The van der Waals surface area contributed by atoms with Crippen LogP contribution in [0.2, 0.25) is 5.02 Å². The van der Waals surface area contributed by atoms with Gasteiger partial charge in [0.05, 0.1) is 6.04 Å². The van der Waals surface area contributed by atoms with E-state index in [1.54, 1.807) is 11.3 Å². The minimum absolute atomic E-state index is 0.160. The second-order valence-electron chi connectivity index (χ2n) is 4.57. The lowest BCUT2D eigenvalue weighted by atomic mass is 10.0. The van der Waals surface area contributed by atoms with E-state index in [0.717, 1.165) is 17.1 Å². The molecule has 0 bridgehead atoms. The molecule has 1 N–H and O–H groups in total. The number of hydrogen-bond donors (Lipinski definition) is 1. The van der Waals surface area contributed by atoms with E-state index in [-0.39, 0.29) is 6.04 Å². The molecule has 2 aromatic rings. The molecule has 0 amide bonds. The first-order valence-corrected chi connectivity index (χ1v) is 8.27. The highest BCUT2D eigenvalue weighted by molar-refractivity contribution is 9.10. The van der Waals surface area contributed by atoms with Gasteiger partial charge in [0.2, 0.25) is 0 Å². The highest BCUT2D eigenvalue weighted by Crippen LogP contribution is 2.36. The molecule has 1 aromatic heterocycles. The number of rotatable bonds is 4. The maximum absolute atomic E-state index is 6.41. The fourth-order valence-corrected chi connectivity index (χ4v) is 4.06. The summed E-state index contributed by atoms with van der Waals surface area (Å²) in [4.78, 5) is 2.58. The third-order valence-corrected chi connectivity index (χ3v) is 5.56. The van der Waals surface area contributed by atoms with Crippen LogP contribution in [0, 0.1) is 13.8 Å². The van der Waals surface area contributed by atoms with Crippen LogP contribution in [0.15, 0.2) is 28.7 Å². The standard InChI is InChI=1S/C15H17BrClNS/c1-4-18-15(14-8-12(16)10(3)19-14)11-6-5-9(2)7-13(11)17/h5-8,15,18H,4H2,1-3H3. The lowest BCUT2D eigenvalue weighted by Gasteiger charge is -2.18. The third-order valence-electron chi connectivity index (χ3n) is 3.04. The topological polar surface area (TPSA) is 12.0 Å². The van der Waals surface area contributed by atoms with E-state index in [1.807, 2.05) is 6.07 Å². The molecule has 1 aromatic carbocycles. The van der Waals surface area contributed by atoms with E-state index in [0.29, 0.717) is 0 Å². The SMILES string of the molecule is CCNC(c1cc(Br)c(C)s1)c1ccc(C)cc1Cl. The molecule has 102 valence electrons. The predicted molar refractivity (Wildman–Crippen MR) is 88.5 cm³/mol. The zero-order valence-corrected chi connectivity index (χ0v) is 14.4. The maximum atomic E-state index is 6.41. The van der Waals surface area contributed by atoms with Crippen LogP contribution in [0.3, 0.4) is 0 Å².